The van der Waals surface area contributed by atoms with Crippen LogP contribution in [0.5, 0.6) is 5.75 Å². The molecule has 0 heterocycles. The first-order valence-corrected chi connectivity index (χ1v) is 6.16. The molecule has 2 heteroatoms. The summed E-state index contributed by atoms with van der Waals surface area (Å²) in [6.07, 6.45) is 3.21. The van der Waals surface area contributed by atoms with E-state index >= 15 is 0 Å². The minimum Gasteiger partial charge on any atom is -0.489 e. The Kier molecular flexibility index (Phi) is 5.33. The van der Waals surface area contributed by atoms with Crippen molar-refractivity contribution >= 4 is 0 Å². The molecule has 0 saturated heterocycles. The Morgan fingerprint density at radius 1 is 1.19 bits per heavy atom. The third kappa shape index (κ3) is 3.86. The molecule has 0 bridgehead atoms. The molecule has 1 aromatic rings. The van der Waals surface area contributed by atoms with Crippen molar-refractivity contribution in [1.82, 2.24) is 0 Å². The Morgan fingerprint density at radius 3 is 2.31 bits per heavy atom. The highest BCUT2D eigenvalue weighted by Gasteiger charge is 2.16. The van der Waals surface area contributed by atoms with Crippen molar-refractivity contribution in [3.8, 4) is 5.75 Å². The zero-order valence-electron chi connectivity index (χ0n) is 10.6. The van der Waals surface area contributed by atoms with Crippen molar-refractivity contribution in [2.24, 2.45) is 5.73 Å². The summed E-state index contributed by atoms with van der Waals surface area (Å²) in [7, 11) is 0. The Labute approximate surface area is 98.8 Å². The molecule has 2 unspecified atom stereocenters. The molecule has 0 aliphatic carbocycles. The zero-order valence-corrected chi connectivity index (χ0v) is 10.6. The first kappa shape index (κ1) is 13.0. The minimum absolute atomic E-state index is 0.127. The molecule has 1 aromatic carbocycles. The SMILES string of the molecule is CCCC(N)C(CC)Oc1ccc(C)cc1. The van der Waals surface area contributed by atoms with E-state index in [4.69, 9.17) is 10.5 Å². The van der Waals surface area contributed by atoms with Crippen LogP contribution in [-0.2, 0) is 0 Å². The van der Waals surface area contributed by atoms with Crippen molar-refractivity contribution in [3.63, 3.8) is 0 Å². The standard InChI is InChI=1S/C14H23NO/c1-4-6-13(15)14(5-2)16-12-9-7-11(3)8-10-12/h7-10,13-14H,4-6,15H2,1-3H3. The lowest BCUT2D eigenvalue weighted by Gasteiger charge is -2.23. The fourth-order valence-electron chi connectivity index (χ4n) is 1.78. The largest absolute Gasteiger partial charge is 0.489 e. The van der Waals surface area contributed by atoms with Crippen LogP contribution in [0.1, 0.15) is 38.7 Å². The number of rotatable bonds is 6. The van der Waals surface area contributed by atoms with E-state index in [9.17, 15) is 0 Å². The molecule has 0 fully saturated rings. The van der Waals surface area contributed by atoms with Gasteiger partial charge in [0.05, 0.1) is 0 Å². The molecule has 0 aliphatic rings. The van der Waals surface area contributed by atoms with Crippen LogP contribution < -0.4 is 10.5 Å². The van der Waals surface area contributed by atoms with Gasteiger partial charge in [-0.25, -0.2) is 0 Å². The molecular formula is C14H23NO. The number of ether oxygens (including phenoxy) is 1. The van der Waals surface area contributed by atoms with Gasteiger partial charge >= 0.3 is 0 Å². The van der Waals surface area contributed by atoms with Crippen molar-refractivity contribution in [2.45, 2.75) is 52.2 Å². The highest BCUT2D eigenvalue weighted by atomic mass is 16.5. The summed E-state index contributed by atoms with van der Waals surface area (Å²) in [6.45, 7) is 6.34. The third-order valence-corrected chi connectivity index (χ3v) is 2.81. The molecule has 90 valence electrons. The maximum atomic E-state index is 6.09. The number of aryl methyl sites for hydroxylation is 1. The lowest BCUT2D eigenvalue weighted by Crippen LogP contribution is -2.38. The van der Waals surface area contributed by atoms with Crippen LogP contribution in [-0.4, -0.2) is 12.1 Å². The van der Waals surface area contributed by atoms with Crippen LogP contribution in [0.25, 0.3) is 0 Å². The van der Waals surface area contributed by atoms with Gasteiger partial charge in [0.15, 0.2) is 0 Å². The Hall–Kier alpha value is -1.02. The van der Waals surface area contributed by atoms with Crippen LogP contribution in [0, 0.1) is 6.92 Å². The molecule has 0 amide bonds. The van der Waals surface area contributed by atoms with Crippen molar-refractivity contribution in [1.29, 1.82) is 0 Å². The summed E-state index contributed by atoms with van der Waals surface area (Å²) in [6, 6.07) is 8.28. The van der Waals surface area contributed by atoms with Gasteiger partial charge in [-0.05, 0) is 31.9 Å². The average Bonchev–Trinajstić information content (AvgIpc) is 2.28. The second-order valence-electron chi connectivity index (χ2n) is 4.33. The molecule has 16 heavy (non-hydrogen) atoms. The molecule has 0 aliphatic heterocycles. The van der Waals surface area contributed by atoms with Crippen molar-refractivity contribution in [2.75, 3.05) is 0 Å². The van der Waals surface area contributed by atoms with E-state index in [1.807, 2.05) is 12.1 Å². The predicted octanol–water partition coefficient (Wildman–Crippen LogP) is 3.28. The van der Waals surface area contributed by atoms with E-state index in [2.05, 4.69) is 32.9 Å². The van der Waals surface area contributed by atoms with Crippen LogP contribution in [0.15, 0.2) is 24.3 Å². The Balaban J connectivity index is 2.59. The van der Waals surface area contributed by atoms with Crippen molar-refractivity contribution < 1.29 is 4.74 Å². The molecular weight excluding hydrogens is 198 g/mol. The number of hydrogen-bond donors (Lipinski definition) is 1. The molecule has 2 atom stereocenters. The minimum atomic E-state index is 0.127. The van der Waals surface area contributed by atoms with Gasteiger partial charge in [0, 0.05) is 6.04 Å². The first-order valence-electron chi connectivity index (χ1n) is 6.16. The Morgan fingerprint density at radius 2 is 1.81 bits per heavy atom. The summed E-state index contributed by atoms with van der Waals surface area (Å²) in [5, 5.41) is 0. The van der Waals surface area contributed by atoms with E-state index in [0.717, 1.165) is 25.0 Å². The van der Waals surface area contributed by atoms with Crippen LogP contribution >= 0.6 is 0 Å². The highest BCUT2D eigenvalue weighted by Crippen LogP contribution is 2.17. The summed E-state index contributed by atoms with van der Waals surface area (Å²) in [4.78, 5) is 0. The lowest BCUT2D eigenvalue weighted by atomic mass is 10.0. The van der Waals surface area contributed by atoms with Gasteiger partial charge in [0.25, 0.3) is 0 Å². The van der Waals surface area contributed by atoms with Crippen molar-refractivity contribution in [3.05, 3.63) is 29.8 Å². The smallest absolute Gasteiger partial charge is 0.119 e. The monoisotopic (exact) mass is 221 g/mol. The maximum absolute atomic E-state index is 6.09. The van der Waals surface area contributed by atoms with E-state index < -0.39 is 0 Å². The second-order valence-corrected chi connectivity index (χ2v) is 4.33. The highest BCUT2D eigenvalue weighted by molar-refractivity contribution is 5.26. The molecule has 0 aromatic heterocycles. The van der Waals surface area contributed by atoms with Gasteiger partial charge in [-0.3, -0.25) is 0 Å². The van der Waals surface area contributed by atoms with Gasteiger partial charge in [-0.1, -0.05) is 38.0 Å². The molecule has 0 spiro atoms. The van der Waals surface area contributed by atoms with Gasteiger partial charge in [-0.15, -0.1) is 0 Å². The molecule has 2 nitrogen and oxygen atoms in total. The fraction of sp³-hybridized carbons (Fsp3) is 0.571. The van der Waals surface area contributed by atoms with Gasteiger partial charge in [-0.2, -0.15) is 0 Å². The summed E-state index contributed by atoms with van der Waals surface area (Å²) in [5.41, 5.74) is 7.34. The van der Waals surface area contributed by atoms with Crippen LogP contribution in [0.2, 0.25) is 0 Å². The number of nitrogens with two attached hydrogens (primary N) is 1. The third-order valence-electron chi connectivity index (χ3n) is 2.81. The van der Waals surface area contributed by atoms with E-state index in [-0.39, 0.29) is 12.1 Å². The second kappa shape index (κ2) is 6.54. The van der Waals surface area contributed by atoms with Gasteiger partial charge in [0.1, 0.15) is 11.9 Å². The molecule has 0 radical (unpaired) electrons. The summed E-state index contributed by atoms with van der Waals surface area (Å²) >= 11 is 0. The lowest BCUT2D eigenvalue weighted by molar-refractivity contribution is 0.161. The van der Waals surface area contributed by atoms with E-state index in [1.54, 1.807) is 0 Å². The maximum Gasteiger partial charge on any atom is 0.119 e. The van der Waals surface area contributed by atoms with Crippen LogP contribution in [0.3, 0.4) is 0 Å². The fourth-order valence-corrected chi connectivity index (χ4v) is 1.78. The first-order chi connectivity index (χ1) is 7.67. The molecule has 1 rings (SSSR count). The number of hydrogen-bond acceptors (Lipinski definition) is 2. The topological polar surface area (TPSA) is 35.2 Å². The van der Waals surface area contributed by atoms with E-state index in [1.165, 1.54) is 5.56 Å². The zero-order chi connectivity index (χ0) is 12.0. The summed E-state index contributed by atoms with van der Waals surface area (Å²) < 4.78 is 5.91. The predicted molar refractivity (Wildman–Crippen MR) is 68.8 cm³/mol. The normalized spacial score (nSPS) is 14.5. The quantitative estimate of drug-likeness (QED) is 0.800. The molecule has 0 saturated carbocycles. The summed E-state index contributed by atoms with van der Waals surface area (Å²) in [5.74, 6) is 0.920. The molecule has 2 N–H and O–H groups in total. The Bertz CT molecular complexity index is 294. The number of benzene rings is 1. The van der Waals surface area contributed by atoms with E-state index in [0.29, 0.717) is 0 Å². The average molecular weight is 221 g/mol. The van der Waals surface area contributed by atoms with Gasteiger partial charge < -0.3 is 10.5 Å². The van der Waals surface area contributed by atoms with Gasteiger partial charge in [0.2, 0.25) is 0 Å². The van der Waals surface area contributed by atoms with Crippen LogP contribution in [0.4, 0.5) is 0 Å².